The fourth-order valence-corrected chi connectivity index (χ4v) is 9.75. The molecular formula is C41H70N12O11S. The molecule has 1 aliphatic carbocycles. The molecule has 1 saturated carbocycles. The molecule has 0 bridgehead atoms. The Morgan fingerprint density at radius 1 is 0.692 bits per heavy atom. The lowest BCUT2D eigenvalue weighted by atomic mass is 9.89. The molecule has 2 aliphatic heterocycles. The summed E-state index contributed by atoms with van der Waals surface area (Å²) < 4.78 is 0. The van der Waals surface area contributed by atoms with Crippen molar-refractivity contribution in [3.8, 4) is 0 Å². The Bertz CT molecular complexity index is 1650. The molecule has 1 unspecified atom stereocenters. The van der Waals surface area contributed by atoms with Crippen LogP contribution in [0.15, 0.2) is 0 Å². The van der Waals surface area contributed by atoms with Gasteiger partial charge in [0.25, 0.3) is 0 Å². The number of unbranched alkanes of at least 4 members (excludes halogenated alkanes) is 3. The van der Waals surface area contributed by atoms with Crippen LogP contribution in [0.5, 0.6) is 0 Å². The number of carbonyl (C=O) groups is 10. The number of amides is 11. The summed E-state index contributed by atoms with van der Waals surface area (Å²) in [6, 6.07) is -3.40. The van der Waals surface area contributed by atoms with Crippen LogP contribution in [0.4, 0.5) is 4.79 Å². The fraction of sp³-hybridized carbons (Fsp3) is 0.756. The summed E-state index contributed by atoms with van der Waals surface area (Å²) >= 11 is 1.83. The van der Waals surface area contributed by atoms with Crippen molar-refractivity contribution >= 4 is 71.0 Å². The normalized spacial score (nSPS) is 19.5. The molecule has 366 valence electrons. The van der Waals surface area contributed by atoms with Gasteiger partial charge in [-0.1, -0.05) is 32.1 Å². The average Bonchev–Trinajstić information content (AvgIpc) is 4.02. The summed E-state index contributed by atoms with van der Waals surface area (Å²) in [7, 11) is 0. The molecule has 0 aromatic heterocycles. The smallest absolute Gasteiger partial charge is 0.315 e. The van der Waals surface area contributed by atoms with Gasteiger partial charge in [-0.05, 0) is 76.7 Å². The van der Waals surface area contributed by atoms with E-state index in [1.807, 2.05) is 11.8 Å². The van der Waals surface area contributed by atoms with Gasteiger partial charge < -0.3 is 59.7 Å². The summed E-state index contributed by atoms with van der Waals surface area (Å²) in [6.07, 6.45) is 8.38. The van der Waals surface area contributed by atoms with E-state index in [9.17, 15) is 47.9 Å². The zero-order valence-corrected chi connectivity index (χ0v) is 37.9. The van der Waals surface area contributed by atoms with Crippen molar-refractivity contribution in [2.45, 2.75) is 151 Å². The second kappa shape index (κ2) is 29.3. The summed E-state index contributed by atoms with van der Waals surface area (Å²) in [4.78, 5) is 125. The van der Waals surface area contributed by atoms with E-state index in [0.717, 1.165) is 44.3 Å². The zero-order valence-electron chi connectivity index (χ0n) is 37.1. The predicted molar refractivity (Wildman–Crippen MR) is 238 cm³/mol. The molecule has 11 amide bonds. The van der Waals surface area contributed by atoms with E-state index in [0.29, 0.717) is 63.3 Å². The highest BCUT2D eigenvalue weighted by Crippen LogP contribution is 2.33. The Morgan fingerprint density at radius 3 is 2.06 bits per heavy atom. The highest BCUT2D eigenvalue weighted by molar-refractivity contribution is 8.00. The largest absolute Gasteiger partial charge is 0.370 e. The zero-order chi connectivity index (χ0) is 47.7. The molecule has 24 heteroatoms. The number of nitrogens with two attached hydrogens (primary N) is 3. The van der Waals surface area contributed by atoms with Crippen LogP contribution in [-0.2, 0) is 43.2 Å². The van der Waals surface area contributed by atoms with E-state index in [-0.39, 0.29) is 62.0 Å². The molecule has 16 N–H and O–H groups in total. The number of hydroxylamine groups is 1. The van der Waals surface area contributed by atoms with Gasteiger partial charge in [0.15, 0.2) is 0 Å². The van der Waals surface area contributed by atoms with Gasteiger partial charge in [-0.2, -0.15) is 11.8 Å². The Morgan fingerprint density at radius 2 is 1.37 bits per heavy atom. The first kappa shape index (κ1) is 54.1. The van der Waals surface area contributed by atoms with E-state index in [1.165, 1.54) is 0 Å². The van der Waals surface area contributed by atoms with Gasteiger partial charge in [0.2, 0.25) is 53.2 Å². The summed E-state index contributed by atoms with van der Waals surface area (Å²) in [5.74, 6) is -5.87. The molecule has 0 aromatic rings. The molecule has 7 atom stereocenters. The lowest BCUT2D eigenvalue weighted by molar-refractivity contribution is -0.137. The van der Waals surface area contributed by atoms with E-state index in [2.05, 4.69) is 42.5 Å². The Kier molecular flexibility index (Phi) is 24.4. The van der Waals surface area contributed by atoms with Crippen LogP contribution in [0.1, 0.15) is 116 Å². The highest BCUT2D eigenvalue weighted by atomic mass is 32.2. The minimum atomic E-state index is -1.37. The highest BCUT2D eigenvalue weighted by Gasteiger charge is 2.42. The van der Waals surface area contributed by atoms with Gasteiger partial charge in [-0.25, -0.2) is 10.3 Å². The quantitative estimate of drug-likeness (QED) is 0.0146. The van der Waals surface area contributed by atoms with Crippen LogP contribution in [-0.4, -0.2) is 132 Å². The molecule has 3 fully saturated rings. The predicted octanol–water partition coefficient (Wildman–Crippen LogP) is -2.34. The van der Waals surface area contributed by atoms with Crippen LogP contribution in [0.2, 0.25) is 0 Å². The van der Waals surface area contributed by atoms with Gasteiger partial charge >= 0.3 is 6.03 Å². The molecule has 23 nitrogen and oxygen atoms in total. The average molecular weight is 939 g/mol. The standard InChI is InChI=1S/C41H70N12O11S/c42-17-7-5-12-27(49-38(60)25(20-33(56)53-64)19-24-9-1-2-10-24)40(62)50-28(15-16-31(43)54)39(61)47-21-34(57)46-22-35(58)48-26(37(44)59)11-6-8-18-45-32(55)14-4-3-13-30-36-29(23-65-30)51-41(63)52-36/h24-30,36,64H,1-23,42H2,(H2,43,54)(H2,44,59)(H,45,55)(H,46,57)(H,47,61)(H,48,58)(H,49,60)(H,50,62)(H,53,56)(H2,51,52,63)/t25?,26-,27-,28-,29-,30-,36-/m0/s1. The molecule has 3 aliphatic rings. The monoisotopic (exact) mass is 939 g/mol. The van der Waals surface area contributed by atoms with Crippen LogP contribution in [0, 0.1) is 11.8 Å². The van der Waals surface area contributed by atoms with Gasteiger partial charge in [0.1, 0.15) is 18.1 Å². The van der Waals surface area contributed by atoms with Crippen molar-refractivity contribution in [3.05, 3.63) is 0 Å². The van der Waals surface area contributed by atoms with Crippen molar-refractivity contribution < 1.29 is 53.2 Å². The van der Waals surface area contributed by atoms with Gasteiger partial charge in [-0.15, -0.1) is 0 Å². The van der Waals surface area contributed by atoms with Crippen LogP contribution in [0.25, 0.3) is 0 Å². The van der Waals surface area contributed by atoms with Crippen LogP contribution < -0.4 is 65.2 Å². The maximum atomic E-state index is 13.6. The third-order valence-corrected chi connectivity index (χ3v) is 13.3. The number of rotatable bonds is 32. The number of urea groups is 1. The van der Waals surface area contributed by atoms with Crippen molar-refractivity contribution in [1.29, 1.82) is 0 Å². The van der Waals surface area contributed by atoms with Gasteiger partial charge in [-0.3, -0.25) is 48.4 Å². The van der Waals surface area contributed by atoms with E-state index < -0.39 is 84.4 Å². The van der Waals surface area contributed by atoms with E-state index in [1.54, 1.807) is 5.48 Å². The van der Waals surface area contributed by atoms with Crippen LogP contribution in [0.3, 0.4) is 0 Å². The lowest BCUT2D eigenvalue weighted by Gasteiger charge is -2.25. The fourth-order valence-electron chi connectivity index (χ4n) is 8.21. The van der Waals surface area contributed by atoms with Crippen molar-refractivity contribution in [2.24, 2.45) is 29.0 Å². The Balaban J connectivity index is 1.40. The molecule has 0 aromatic carbocycles. The van der Waals surface area contributed by atoms with E-state index >= 15 is 0 Å². The number of primary amides is 2. The lowest BCUT2D eigenvalue weighted by Crippen LogP contribution is -2.55. The first-order valence-electron chi connectivity index (χ1n) is 22.7. The second-order valence-electron chi connectivity index (χ2n) is 17.0. The maximum Gasteiger partial charge on any atom is 0.315 e. The maximum absolute atomic E-state index is 13.6. The van der Waals surface area contributed by atoms with Crippen molar-refractivity contribution in [1.82, 2.24) is 48.0 Å². The number of hydrogen-bond acceptors (Lipinski definition) is 13. The van der Waals surface area contributed by atoms with Crippen molar-refractivity contribution in [2.75, 3.05) is 31.9 Å². The van der Waals surface area contributed by atoms with Crippen molar-refractivity contribution in [3.63, 3.8) is 0 Å². The molecule has 2 saturated heterocycles. The summed E-state index contributed by atoms with van der Waals surface area (Å²) in [6.45, 7) is -0.511. The third kappa shape index (κ3) is 20.7. The van der Waals surface area contributed by atoms with Gasteiger partial charge in [0.05, 0.1) is 25.2 Å². The number of nitrogens with one attached hydrogen (secondary N) is 9. The minimum Gasteiger partial charge on any atom is -0.370 e. The summed E-state index contributed by atoms with van der Waals surface area (Å²) in [5.41, 5.74) is 18.0. The topological polar surface area (TPSA) is 377 Å². The summed E-state index contributed by atoms with van der Waals surface area (Å²) in [5, 5.41) is 30.5. The van der Waals surface area contributed by atoms with Crippen LogP contribution >= 0.6 is 11.8 Å². The molecule has 2 heterocycles. The Hall–Kier alpha value is -5.23. The molecule has 65 heavy (non-hydrogen) atoms. The Labute approximate surface area is 383 Å². The number of thioether (sulfide) groups is 1. The first-order chi connectivity index (χ1) is 31.1. The molecule has 3 rings (SSSR count). The minimum absolute atomic E-state index is 0.0913. The van der Waals surface area contributed by atoms with Gasteiger partial charge in [0, 0.05) is 42.7 Å². The molecule has 0 spiro atoms. The first-order valence-corrected chi connectivity index (χ1v) is 23.7. The molecule has 0 radical (unpaired) electrons. The molecular weight excluding hydrogens is 869 g/mol. The third-order valence-electron chi connectivity index (χ3n) is 11.8. The SMILES string of the molecule is NCCCC[C@H](NC(=O)C(CC(=O)NO)CC1CCCC1)C(=O)N[C@@H](CCC(N)=O)C(=O)NCC(=O)NCC(=O)N[C@@H](CCCCNC(=O)CCCC[C@@H]1SC[C@@H]2NC(=O)N[C@@H]21)C(N)=O. The number of hydrogen-bond donors (Lipinski definition) is 13. The second-order valence-corrected chi connectivity index (χ2v) is 18.2. The van der Waals surface area contributed by atoms with E-state index in [4.69, 9.17) is 22.4 Å². The number of carbonyl (C=O) groups excluding carboxylic acids is 10. The number of fused-ring (bicyclic) bond motifs is 1.